The van der Waals surface area contributed by atoms with Gasteiger partial charge in [-0.25, -0.2) is 0 Å². The molecule has 1 aromatic rings. The van der Waals surface area contributed by atoms with Crippen LogP contribution in [0, 0.1) is 6.08 Å². The maximum atomic E-state index is 5.14. The standard InChI is InChI=1S/C11H13O/c1-2-12-10-6-9-11-7-4-3-5-8-11/h3-8H,2,10H2,1H3. The summed E-state index contributed by atoms with van der Waals surface area (Å²) in [6.45, 7) is 3.38. The van der Waals surface area contributed by atoms with E-state index in [4.69, 9.17) is 4.74 Å². The summed E-state index contributed by atoms with van der Waals surface area (Å²) < 4.78 is 5.14. The lowest BCUT2D eigenvalue weighted by atomic mass is 10.2. The maximum Gasteiger partial charge on any atom is 0.0656 e. The second kappa shape index (κ2) is 5.56. The van der Waals surface area contributed by atoms with Gasteiger partial charge in [0.25, 0.3) is 0 Å². The van der Waals surface area contributed by atoms with Crippen LogP contribution >= 0.6 is 0 Å². The predicted octanol–water partition coefficient (Wildman–Crippen LogP) is 2.43. The first-order valence-corrected chi connectivity index (χ1v) is 4.14. The van der Waals surface area contributed by atoms with Crippen LogP contribution < -0.4 is 0 Å². The van der Waals surface area contributed by atoms with Gasteiger partial charge < -0.3 is 4.74 Å². The van der Waals surface area contributed by atoms with Gasteiger partial charge in [0.1, 0.15) is 0 Å². The highest BCUT2D eigenvalue weighted by Crippen LogP contribution is 1.97. The van der Waals surface area contributed by atoms with Crippen molar-refractivity contribution in [1.82, 2.24) is 0 Å². The predicted molar refractivity (Wildman–Crippen MR) is 49.9 cm³/mol. The van der Waals surface area contributed by atoms with Crippen molar-refractivity contribution in [2.24, 2.45) is 0 Å². The van der Waals surface area contributed by atoms with E-state index in [0.717, 1.165) is 12.2 Å². The number of benzene rings is 1. The maximum absolute atomic E-state index is 5.14. The fourth-order valence-electron chi connectivity index (χ4n) is 0.871. The monoisotopic (exact) mass is 161 g/mol. The van der Waals surface area contributed by atoms with Crippen LogP contribution in [-0.4, -0.2) is 13.2 Å². The number of hydrogen-bond acceptors (Lipinski definition) is 1. The van der Waals surface area contributed by atoms with Gasteiger partial charge in [-0.1, -0.05) is 36.4 Å². The van der Waals surface area contributed by atoms with Crippen molar-refractivity contribution in [3.8, 4) is 0 Å². The molecule has 0 N–H and O–H groups in total. The third-order valence-electron chi connectivity index (χ3n) is 1.45. The van der Waals surface area contributed by atoms with E-state index in [9.17, 15) is 0 Å². The van der Waals surface area contributed by atoms with Crippen LogP contribution in [0.4, 0.5) is 0 Å². The minimum atomic E-state index is 0.644. The summed E-state index contributed by atoms with van der Waals surface area (Å²) in [4.78, 5) is 0. The highest BCUT2D eigenvalue weighted by atomic mass is 16.5. The SMILES string of the molecule is CCOC/C=[C]/c1ccccc1. The Morgan fingerprint density at radius 2 is 2.08 bits per heavy atom. The molecule has 0 bridgehead atoms. The molecular weight excluding hydrogens is 148 g/mol. The molecule has 0 saturated heterocycles. The van der Waals surface area contributed by atoms with E-state index in [1.165, 1.54) is 0 Å². The van der Waals surface area contributed by atoms with Gasteiger partial charge in [0.05, 0.1) is 6.61 Å². The zero-order valence-electron chi connectivity index (χ0n) is 7.29. The third kappa shape index (κ3) is 3.35. The molecule has 0 spiro atoms. The zero-order chi connectivity index (χ0) is 8.65. The number of ether oxygens (including phenoxy) is 1. The van der Waals surface area contributed by atoms with Gasteiger partial charge in [0, 0.05) is 6.61 Å². The van der Waals surface area contributed by atoms with E-state index in [-0.39, 0.29) is 0 Å². The van der Waals surface area contributed by atoms with Crippen molar-refractivity contribution in [2.75, 3.05) is 13.2 Å². The second-order valence-electron chi connectivity index (χ2n) is 2.37. The molecule has 0 heterocycles. The molecule has 1 heteroatoms. The lowest BCUT2D eigenvalue weighted by molar-refractivity contribution is 0.177. The summed E-state index contributed by atoms with van der Waals surface area (Å²) in [7, 11) is 0. The summed E-state index contributed by atoms with van der Waals surface area (Å²) in [6, 6.07) is 10.0. The van der Waals surface area contributed by atoms with Crippen molar-refractivity contribution in [3.63, 3.8) is 0 Å². The normalized spacial score (nSPS) is 10.8. The Morgan fingerprint density at radius 3 is 2.75 bits per heavy atom. The molecule has 0 aliphatic heterocycles. The van der Waals surface area contributed by atoms with E-state index in [0.29, 0.717) is 6.61 Å². The minimum absolute atomic E-state index is 0.644. The highest BCUT2D eigenvalue weighted by Gasteiger charge is 1.82. The second-order valence-corrected chi connectivity index (χ2v) is 2.37. The molecule has 0 atom stereocenters. The first-order chi connectivity index (χ1) is 5.93. The van der Waals surface area contributed by atoms with Gasteiger partial charge in [-0.15, -0.1) is 0 Å². The Kier molecular flexibility index (Phi) is 4.17. The Bertz CT molecular complexity index is 226. The summed E-state index contributed by atoms with van der Waals surface area (Å²) in [6.07, 6.45) is 5.03. The van der Waals surface area contributed by atoms with Crippen molar-refractivity contribution in [1.29, 1.82) is 0 Å². The van der Waals surface area contributed by atoms with Crippen LogP contribution in [0.2, 0.25) is 0 Å². The average Bonchev–Trinajstić information content (AvgIpc) is 2.14. The van der Waals surface area contributed by atoms with Gasteiger partial charge >= 0.3 is 0 Å². The summed E-state index contributed by atoms with van der Waals surface area (Å²) in [5.41, 5.74) is 1.09. The molecule has 0 aliphatic carbocycles. The van der Waals surface area contributed by atoms with E-state index in [1.807, 2.05) is 43.3 Å². The van der Waals surface area contributed by atoms with Crippen LogP contribution in [0.15, 0.2) is 36.4 Å². The van der Waals surface area contributed by atoms with E-state index >= 15 is 0 Å². The Morgan fingerprint density at radius 1 is 1.33 bits per heavy atom. The molecule has 1 radical (unpaired) electrons. The molecule has 0 amide bonds. The van der Waals surface area contributed by atoms with E-state index in [1.54, 1.807) is 0 Å². The first-order valence-electron chi connectivity index (χ1n) is 4.14. The molecule has 12 heavy (non-hydrogen) atoms. The molecule has 63 valence electrons. The molecular formula is C11H13O. The molecule has 1 rings (SSSR count). The van der Waals surface area contributed by atoms with Crippen molar-refractivity contribution in [3.05, 3.63) is 48.0 Å². The molecule has 0 saturated carbocycles. The molecule has 0 aliphatic rings. The lowest BCUT2D eigenvalue weighted by Gasteiger charge is -1.92. The fourth-order valence-corrected chi connectivity index (χ4v) is 0.871. The zero-order valence-corrected chi connectivity index (χ0v) is 7.29. The molecule has 1 nitrogen and oxygen atoms in total. The Balaban J connectivity index is 2.36. The van der Waals surface area contributed by atoms with Crippen LogP contribution in [0.3, 0.4) is 0 Å². The molecule has 0 aromatic heterocycles. The number of hydrogen-bond donors (Lipinski definition) is 0. The molecule has 0 unspecified atom stereocenters. The largest absolute Gasteiger partial charge is 0.378 e. The summed E-state index contributed by atoms with van der Waals surface area (Å²) >= 11 is 0. The van der Waals surface area contributed by atoms with Gasteiger partial charge in [-0.2, -0.15) is 0 Å². The summed E-state index contributed by atoms with van der Waals surface area (Å²) in [5, 5.41) is 0. The van der Waals surface area contributed by atoms with Crippen molar-refractivity contribution in [2.45, 2.75) is 6.92 Å². The third-order valence-corrected chi connectivity index (χ3v) is 1.45. The minimum Gasteiger partial charge on any atom is -0.378 e. The number of rotatable bonds is 4. The Labute approximate surface area is 73.7 Å². The topological polar surface area (TPSA) is 9.23 Å². The first kappa shape index (κ1) is 9.01. The van der Waals surface area contributed by atoms with Gasteiger partial charge in [-0.05, 0) is 18.6 Å². The van der Waals surface area contributed by atoms with Crippen LogP contribution in [0.1, 0.15) is 12.5 Å². The van der Waals surface area contributed by atoms with Crippen molar-refractivity contribution >= 4 is 0 Å². The quantitative estimate of drug-likeness (QED) is 0.616. The average molecular weight is 161 g/mol. The van der Waals surface area contributed by atoms with E-state index in [2.05, 4.69) is 6.08 Å². The fraction of sp³-hybridized carbons (Fsp3) is 0.273. The van der Waals surface area contributed by atoms with Crippen LogP contribution in [-0.2, 0) is 4.74 Å². The van der Waals surface area contributed by atoms with E-state index < -0.39 is 0 Å². The lowest BCUT2D eigenvalue weighted by Crippen LogP contribution is -1.88. The molecule has 0 fully saturated rings. The Hall–Kier alpha value is -1.08. The van der Waals surface area contributed by atoms with Crippen LogP contribution in [0.5, 0.6) is 0 Å². The van der Waals surface area contributed by atoms with Gasteiger partial charge in [0.2, 0.25) is 0 Å². The highest BCUT2D eigenvalue weighted by molar-refractivity contribution is 5.21. The van der Waals surface area contributed by atoms with Crippen molar-refractivity contribution < 1.29 is 4.74 Å². The smallest absolute Gasteiger partial charge is 0.0656 e. The van der Waals surface area contributed by atoms with Gasteiger partial charge in [-0.3, -0.25) is 0 Å². The summed E-state index contributed by atoms with van der Waals surface area (Å²) in [5.74, 6) is 0. The molecule has 1 aromatic carbocycles. The van der Waals surface area contributed by atoms with Gasteiger partial charge in [0.15, 0.2) is 0 Å². The van der Waals surface area contributed by atoms with Crippen LogP contribution in [0.25, 0.3) is 0 Å².